The van der Waals surface area contributed by atoms with E-state index in [1.165, 1.54) is 0 Å². The van der Waals surface area contributed by atoms with E-state index >= 15 is 0 Å². The lowest BCUT2D eigenvalue weighted by molar-refractivity contribution is 0.161. The largest absolute Gasteiger partial charge is 0.504 e. The fourth-order valence-corrected chi connectivity index (χ4v) is 2.77. The number of piperazine rings is 1. The molecule has 0 radical (unpaired) electrons. The summed E-state index contributed by atoms with van der Waals surface area (Å²) in [5.74, 6) is 0.857. The third-order valence-corrected chi connectivity index (χ3v) is 3.76. The molecule has 1 atom stereocenters. The van der Waals surface area contributed by atoms with Crippen molar-refractivity contribution < 1.29 is 9.84 Å². The van der Waals surface area contributed by atoms with Crippen molar-refractivity contribution in [2.24, 2.45) is 0 Å². The van der Waals surface area contributed by atoms with Gasteiger partial charge in [-0.05, 0) is 12.5 Å². The molecule has 19 heavy (non-hydrogen) atoms. The van der Waals surface area contributed by atoms with Crippen LogP contribution in [0.5, 0.6) is 11.5 Å². The Hall–Kier alpha value is -1.26. The van der Waals surface area contributed by atoms with Gasteiger partial charge in [-0.25, -0.2) is 0 Å². The minimum atomic E-state index is 0.280. The van der Waals surface area contributed by atoms with Crippen molar-refractivity contribution in [1.82, 2.24) is 10.2 Å². The van der Waals surface area contributed by atoms with Gasteiger partial charge in [0, 0.05) is 37.8 Å². The standard InChI is InChI=1S/C15H24N2O2/c1-3-5-13(17-10-8-16-9-11-17)12-6-4-7-14(19-2)15(12)18/h4,6-7,13,16,18H,3,5,8-11H2,1-2H3/t13-/m0/s1. The zero-order valence-electron chi connectivity index (χ0n) is 11.9. The van der Waals surface area contributed by atoms with Crippen LogP contribution in [0.15, 0.2) is 18.2 Å². The maximum atomic E-state index is 10.3. The normalized spacial score (nSPS) is 18.2. The van der Waals surface area contributed by atoms with Crippen molar-refractivity contribution in [2.45, 2.75) is 25.8 Å². The van der Waals surface area contributed by atoms with Crippen LogP contribution in [-0.2, 0) is 0 Å². The van der Waals surface area contributed by atoms with Gasteiger partial charge in [-0.3, -0.25) is 4.90 Å². The van der Waals surface area contributed by atoms with Gasteiger partial charge in [-0.1, -0.05) is 25.5 Å². The second-order valence-electron chi connectivity index (χ2n) is 4.99. The number of phenols is 1. The van der Waals surface area contributed by atoms with E-state index in [9.17, 15) is 5.11 Å². The molecule has 2 N–H and O–H groups in total. The van der Waals surface area contributed by atoms with E-state index in [-0.39, 0.29) is 6.04 Å². The molecular formula is C15H24N2O2. The Kier molecular flexibility index (Phi) is 5.05. The van der Waals surface area contributed by atoms with Crippen LogP contribution in [0, 0.1) is 0 Å². The van der Waals surface area contributed by atoms with E-state index in [1.54, 1.807) is 13.2 Å². The van der Waals surface area contributed by atoms with E-state index < -0.39 is 0 Å². The molecule has 1 saturated heterocycles. The molecule has 1 aliphatic heterocycles. The summed E-state index contributed by atoms with van der Waals surface area (Å²) in [4.78, 5) is 2.45. The van der Waals surface area contributed by atoms with Crippen molar-refractivity contribution in [3.63, 3.8) is 0 Å². The highest BCUT2D eigenvalue weighted by atomic mass is 16.5. The highest BCUT2D eigenvalue weighted by Crippen LogP contribution is 2.37. The summed E-state index contributed by atoms with van der Waals surface area (Å²) >= 11 is 0. The van der Waals surface area contributed by atoms with Crippen LogP contribution in [0.2, 0.25) is 0 Å². The first-order valence-electron chi connectivity index (χ1n) is 7.08. The van der Waals surface area contributed by atoms with Crippen LogP contribution < -0.4 is 10.1 Å². The number of phenolic OH excluding ortho intramolecular Hbond substituents is 1. The number of benzene rings is 1. The van der Waals surface area contributed by atoms with E-state index in [4.69, 9.17) is 4.74 Å². The number of hydrogen-bond donors (Lipinski definition) is 2. The molecule has 1 fully saturated rings. The number of methoxy groups -OCH3 is 1. The van der Waals surface area contributed by atoms with Crippen molar-refractivity contribution in [2.75, 3.05) is 33.3 Å². The molecule has 1 aromatic carbocycles. The highest BCUT2D eigenvalue weighted by molar-refractivity contribution is 5.46. The molecule has 4 nitrogen and oxygen atoms in total. The number of para-hydroxylation sites is 1. The Balaban J connectivity index is 2.27. The lowest BCUT2D eigenvalue weighted by Crippen LogP contribution is -2.45. The van der Waals surface area contributed by atoms with Crippen LogP contribution in [-0.4, -0.2) is 43.3 Å². The number of hydrogen-bond acceptors (Lipinski definition) is 4. The summed E-state index contributed by atoms with van der Waals surface area (Å²) in [5.41, 5.74) is 0.989. The number of rotatable bonds is 5. The van der Waals surface area contributed by atoms with Crippen LogP contribution in [0.25, 0.3) is 0 Å². The number of ether oxygens (including phenoxy) is 1. The Labute approximate surface area is 115 Å². The van der Waals surface area contributed by atoms with Crippen molar-refractivity contribution >= 4 is 0 Å². The second-order valence-corrected chi connectivity index (χ2v) is 4.99. The summed E-state index contributed by atoms with van der Waals surface area (Å²) < 4.78 is 5.22. The summed E-state index contributed by atoms with van der Waals surface area (Å²) in [5, 5.41) is 13.7. The lowest BCUT2D eigenvalue weighted by Gasteiger charge is -2.35. The molecule has 0 unspecified atom stereocenters. The monoisotopic (exact) mass is 264 g/mol. The van der Waals surface area contributed by atoms with Crippen LogP contribution in [0.3, 0.4) is 0 Å². The van der Waals surface area contributed by atoms with E-state index in [2.05, 4.69) is 17.1 Å². The minimum Gasteiger partial charge on any atom is -0.504 e. The van der Waals surface area contributed by atoms with Crippen molar-refractivity contribution in [1.29, 1.82) is 0 Å². The molecule has 1 aliphatic rings. The van der Waals surface area contributed by atoms with Crippen LogP contribution >= 0.6 is 0 Å². The molecule has 4 heteroatoms. The summed E-state index contributed by atoms with van der Waals surface area (Å²) in [6, 6.07) is 6.06. The third-order valence-electron chi connectivity index (χ3n) is 3.76. The molecular weight excluding hydrogens is 240 g/mol. The molecule has 0 bridgehead atoms. The van der Waals surface area contributed by atoms with Crippen molar-refractivity contribution in [3.05, 3.63) is 23.8 Å². The van der Waals surface area contributed by atoms with Crippen molar-refractivity contribution in [3.8, 4) is 11.5 Å². The minimum absolute atomic E-state index is 0.280. The predicted octanol–water partition coefficient (Wildman–Crippen LogP) is 2.15. The first kappa shape index (κ1) is 14.2. The number of aromatic hydroxyl groups is 1. The summed E-state index contributed by atoms with van der Waals surface area (Å²) in [6.07, 6.45) is 2.16. The van der Waals surface area contributed by atoms with Gasteiger partial charge in [0.1, 0.15) is 0 Å². The maximum absolute atomic E-state index is 10.3. The second kappa shape index (κ2) is 6.78. The molecule has 0 aromatic heterocycles. The highest BCUT2D eigenvalue weighted by Gasteiger charge is 2.24. The number of nitrogens with zero attached hydrogens (tertiary/aromatic N) is 1. The SMILES string of the molecule is CCC[C@@H](c1cccc(OC)c1O)N1CCNCC1. The Morgan fingerprint density at radius 2 is 2.11 bits per heavy atom. The van der Waals surface area contributed by atoms with Gasteiger partial charge in [0.05, 0.1) is 7.11 Å². The van der Waals surface area contributed by atoms with E-state index in [1.807, 2.05) is 12.1 Å². The molecule has 0 aliphatic carbocycles. The van der Waals surface area contributed by atoms with Gasteiger partial charge >= 0.3 is 0 Å². The fourth-order valence-electron chi connectivity index (χ4n) is 2.77. The van der Waals surface area contributed by atoms with E-state index in [0.717, 1.165) is 44.6 Å². The average molecular weight is 264 g/mol. The summed E-state index contributed by atoms with van der Waals surface area (Å²) in [7, 11) is 1.60. The molecule has 0 spiro atoms. The summed E-state index contributed by atoms with van der Waals surface area (Å²) in [6.45, 7) is 6.28. The molecule has 0 saturated carbocycles. The van der Waals surface area contributed by atoms with Gasteiger partial charge in [0.15, 0.2) is 11.5 Å². The zero-order valence-corrected chi connectivity index (χ0v) is 11.9. The molecule has 106 valence electrons. The third kappa shape index (κ3) is 3.19. The molecule has 0 amide bonds. The molecule has 2 rings (SSSR count). The molecule has 1 aromatic rings. The quantitative estimate of drug-likeness (QED) is 0.855. The predicted molar refractivity (Wildman–Crippen MR) is 76.8 cm³/mol. The van der Waals surface area contributed by atoms with Crippen LogP contribution in [0.4, 0.5) is 0 Å². The maximum Gasteiger partial charge on any atom is 0.162 e. The molecule has 1 heterocycles. The van der Waals surface area contributed by atoms with Gasteiger partial charge in [0.2, 0.25) is 0 Å². The van der Waals surface area contributed by atoms with Gasteiger partial charge in [0.25, 0.3) is 0 Å². The Morgan fingerprint density at radius 3 is 2.74 bits per heavy atom. The fraction of sp³-hybridized carbons (Fsp3) is 0.600. The van der Waals surface area contributed by atoms with Gasteiger partial charge in [-0.15, -0.1) is 0 Å². The first-order valence-corrected chi connectivity index (χ1v) is 7.08. The van der Waals surface area contributed by atoms with Gasteiger partial charge in [-0.2, -0.15) is 0 Å². The number of nitrogens with one attached hydrogen (secondary N) is 1. The zero-order chi connectivity index (χ0) is 13.7. The Bertz CT molecular complexity index is 403. The average Bonchev–Trinajstić information content (AvgIpc) is 2.46. The van der Waals surface area contributed by atoms with E-state index in [0.29, 0.717) is 11.5 Å². The smallest absolute Gasteiger partial charge is 0.162 e. The lowest BCUT2D eigenvalue weighted by atomic mass is 9.98. The van der Waals surface area contributed by atoms with Crippen LogP contribution in [0.1, 0.15) is 31.4 Å². The first-order chi connectivity index (χ1) is 9.27. The van der Waals surface area contributed by atoms with Gasteiger partial charge < -0.3 is 15.2 Å². The Morgan fingerprint density at radius 1 is 1.37 bits per heavy atom. The topological polar surface area (TPSA) is 44.7 Å².